The molecule has 3 N–H and O–H groups in total. The second kappa shape index (κ2) is 5.69. The maximum absolute atomic E-state index is 12.3. The largest absolute Gasteiger partial charge is 0.382 e. The van der Waals surface area contributed by atoms with Gasteiger partial charge in [-0.3, -0.25) is 4.57 Å². The van der Waals surface area contributed by atoms with Gasteiger partial charge < -0.3 is 10.7 Å². The fourth-order valence-corrected chi connectivity index (χ4v) is 2.99. The van der Waals surface area contributed by atoms with E-state index in [1.807, 2.05) is 22.9 Å². The van der Waals surface area contributed by atoms with Crippen molar-refractivity contribution in [3.8, 4) is 0 Å². The summed E-state index contributed by atoms with van der Waals surface area (Å²) in [7, 11) is 0. The Hall–Kier alpha value is -3.23. The van der Waals surface area contributed by atoms with E-state index in [9.17, 15) is 4.79 Å². The molecule has 0 fully saturated rings. The van der Waals surface area contributed by atoms with Crippen LogP contribution >= 0.6 is 0 Å². The van der Waals surface area contributed by atoms with Crippen LogP contribution in [0, 0.1) is 6.92 Å². The van der Waals surface area contributed by atoms with Crippen molar-refractivity contribution in [3.05, 3.63) is 40.1 Å². The predicted molar refractivity (Wildman–Crippen MR) is 94.2 cm³/mol. The molecule has 9 nitrogen and oxygen atoms in total. The molecule has 3 heterocycles. The molecule has 0 radical (unpaired) electrons. The van der Waals surface area contributed by atoms with Gasteiger partial charge in [0.15, 0.2) is 11.5 Å². The van der Waals surface area contributed by atoms with E-state index in [4.69, 9.17) is 5.73 Å². The number of nitrogens with zero attached hydrogens (tertiary/aromatic N) is 6. The molecule has 1 aromatic carbocycles. The summed E-state index contributed by atoms with van der Waals surface area (Å²) < 4.78 is 3.44. The van der Waals surface area contributed by atoms with E-state index in [1.165, 1.54) is 0 Å². The molecule has 9 heteroatoms. The number of nitrogen functional groups attached to an aromatic ring is 1. The fourth-order valence-electron chi connectivity index (χ4n) is 2.99. The second-order valence-electron chi connectivity index (χ2n) is 6.01. The molecule has 0 saturated carbocycles. The molecule has 0 atom stereocenters. The first-order valence-corrected chi connectivity index (χ1v) is 8.11. The third-order valence-electron chi connectivity index (χ3n) is 4.12. The number of fused-ring (bicyclic) bond motifs is 2. The highest BCUT2D eigenvalue weighted by atomic mass is 16.1. The van der Waals surface area contributed by atoms with Crippen molar-refractivity contribution < 1.29 is 0 Å². The van der Waals surface area contributed by atoms with Crippen molar-refractivity contribution in [3.63, 3.8) is 0 Å². The summed E-state index contributed by atoms with van der Waals surface area (Å²) in [5.74, 6) is 0.798. The lowest BCUT2D eigenvalue weighted by atomic mass is 10.2. The Morgan fingerprint density at radius 2 is 2.12 bits per heavy atom. The van der Waals surface area contributed by atoms with Crippen molar-refractivity contribution in [2.45, 2.75) is 33.4 Å². The molecule has 0 aliphatic rings. The highest BCUT2D eigenvalue weighted by molar-refractivity contribution is 5.81. The average molecular weight is 338 g/mol. The molecular weight excluding hydrogens is 320 g/mol. The van der Waals surface area contributed by atoms with Crippen LogP contribution in [0.1, 0.15) is 24.7 Å². The van der Waals surface area contributed by atoms with E-state index in [0.717, 1.165) is 29.6 Å². The number of nitrogens with one attached hydrogen (secondary N) is 1. The zero-order valence-corrected chi connectivity index (χ0v) is 14.0. The van der Waals surface area contributed by atoms with E-state index in [-0.39, 0.29) is 11.5 Å². The highest BCUT2D eigenvalue weighted by Crippen LogP contribution is 2.17. The standard InChI is InChI=1S/C16H18N8O/c1-3-6-24-12-5-4-10(7-11(12)21-22-24)8-23-15-13(20-16(23)25)14(17)18-9(2)19-15/h4-5,7H,3,6,8H2,1-2H3,(H,20,25)(H2,17,18,19). The number of imidazole rings is 1. The third kappa shape index (κ3) is 2.53. The summed E-state index contributed by atoms with van der Waals surface area (Å²) in [5, 5.41) is 8.38. The molecule has 0 spiro atoms. The van der Waals surface area contributed by atoms with Crippen molar-refractivity contribution in [1.29, 1.82) is 0 Å². The van der Waals surface area contributed by atoms with Gasteiger partial charge in [-0.1, -0.05) is 18.2 Å². The Labute approximate surface area is 142 Å². The molecule has 0 aliphatic carbocycles. The second-order valence-corrected chi connectivity index (χ2v) is 6.01. The average Bonchev–Trinajstić information content (AvgIpc) is 3.11. The Bertz CT molecular complexity index is 1140. The zero-order valence-electron chi connectivity index (χ0n) is 14.0. The molecule has 0 saturated heterocycles. The normalized spacial score (nSPS) is 11.6. The first-order valence-electron chi connectivity index (χ1n) is 8.11. The summed E-state index contributed by atoms with van der Waals surface area (Å²) in [6, 6.07) is 5.90. The lowest BCUT2D eigenvalue weighted by Crippen LogP contribution is -2.17. The first-order chi connectivity index (χ1) is 12.1. The SMILES string of the molecule is CCCn1nnc2cc(Cn3c(=O)[nH]c4c(N)nc(C)nc43)ccc21. The number of aromatic amines is 1. The summed E-state index contributed by atoms with van der Waals surface area (Å²) in [5.41, 5.74) is 9.32. The minimum Gasteiger partial charge on any atom is -0.382 e. The number of rotatable bonds is 4. The lowest BCUT2D eigenvalue weighted by molar-refractivity contribution is 0.596. The minimum absolute atomic E-state index is 0.267. The van der Waals surface area contributed by atoms with Gasteiger partial charge in [-0.15, -0.1) is 5.10 Å². The first kappa shape index (κ1) is 15.3. The quantitative estimate of drug-likeness (QED) is 0.577. The summed E-state index contributed by atoms with van der Waals surface area (Å²) in [6.07, 6.45) is 0.991. The van der Waals surface area contributed by atoms with Crippen molar-refractivity contribution >= 4 is 28.0 Å². The Morgan fingerprint density at radius 3 is 2.92 bits per heavy atom. The maximum atomic E-state index is 12.3. The highest BCUT2D eigenvalue weighted by Gasteiger charge is 2.13. The lowest BCUT2D eigenvalue weighted by Gasteiger charge is -2.05. The smallest absolute Gasteiger partial charge is 0.328 e. The number of H-pyrrole nitrogens is 1. The molecule has 0 bridgehead atoms. The predicted octanol–water partition coefficient (Wildman–Crippen LogP) is 1.21. The van der Waals surface area contributed by atoms with Gasteiger partial charge in [0.2, 0.25) is 0 Å². The number of anilines is 1. The van der Waals surface area contributed by atoms with Crippen LogP contribution < -0.4 is 11.4 Å². The molecule has 25 heavy (non-hydrogen) atoms. The van der Waals surface area contributed by atoms with E-state index in [0.29, 0.717) is 23.5 Å². The van der Waals surface area contributed by atoms with Gasteiger partial charge in [0, 0.05) is 6.54 Å². The number of aromatic nitrogens is 7. The van der Waals surface area contributed by atoms with Crippen molar-refractivity contribution in [2.24, 2.45) is 0 Å². The third-order valence-corrected chi connectivity index (χ3v) is 4.12. The van der Waals surface area contributed by atoms with Crippen molar-refractivity contribution in [1.82, 2.24) is 34.5 Å². The molecule has 0 aliphatic heterocycles. The monoisotopic (exact) mass is 338 g/mol. The van der Waals surface area contributed by atoms with Crippen molar-refractivity contribution in [2.75, 3.05) is 5.73 Å². The number of hydrogen-bond donors (Lipinski definition) is 2. The molecule has 4 aromatic rings. The van der Waals surface area contributed by atoms with E-state index >= 15 is 0 Å². The summed E-state index contributed by atoms with van der Waals surface area (Å²) in [6.45, 7) is 5.04. The van der Waals surface area contributed by atoms with Gasteiger partial charge in [0.05, 0.1) is 12.1 Å². The minimum atomic E-state index is -0.267. The number of aryl methyl sites for hydroxylation is 2. The van der Waals surface area contributed by atoms with E-state index in [2.05, 4.69) is 32.2 Å². The van der Waals surface area contributed by atoms with Gasteiger partial charge in [-0.25, -0.2) is 19.4 Å². The van der Waals surface area contributed by atoms with Crippen LogP contribution in [0.3, 0.4) is 0 Å². The zero-order chi connectivity index (χ0) is 17.6. The summed E-state index contributed by atoms with van der Waals surface area (Å²) in [4.78, 5) is 23.5. The Morgan fingerprint density at radius 1 is 1.28 bits per heavy atom. The molecule has 3 aromatic heterocycles. The van der Waals surface area contributed by atoms with Crippen LogP contribution in [-0.2, 0) is 13.1 Å². The topological polar surface area (TPSA) is 120 Å². The number of benzene rings is 1. The summed E-state index contributed by atoms with van der Waals surface area (Å²) >= 11 is 0. The molecule has 0 unspecified atom stereocenters. The van der Waals surface area contributed by atoms with Gasteiger partial charge in [0.25, 0.3) is 0 Å². The van der Waals surface area contributed by atoms with Crippen LogP contribution in [0.25, 0.3) is 22.2 Å². The van der Waals surface area contributed by atoms with Crippen LogP contribution in [0.4, 0.5) is 5.82 Å². The van der Waals surface area contributed by atoms with Gasteiger partial charge in [-0.05, 0) is 31.0 Å². The fraction of sp³-hybridized carbons (Fsp3) is 0.312. The van der Waals surface area contributed by atoms with E-state index in [1.54, 1.807) is 11.5 Å². The van der Waals surface area contributed by atoms with Gasteiger partial charge in [-0.2, -0.15) is 0 Å². The van der Waals surface area contributed by atoms with Gasteiger partial charge in [0.1, 0.15) is 16.9 Å². The van der Waals surface area contributed by atoms with Crippen LogP contribution in [0.15, 0.2) is 23.0 Å². The molecule has 0 amide bonds. The Kier molecular flexibility index (Phi) is 3.48. The van der Waals surface area contributed by atoms with Crippen LogP contribution in [-0.4, -0.2) is 34.5 Å². The van der Waals surface area contributed by atoms with Crippen LogP contribution in [0.5, 0.6) is 0 Å². The van der Waals surface area contributed by atoms with E-state index < -0.39 is 0 Å². The van der Waals surface area contributed by atoms with Crippen LogP contribution in [0.2, 0.25) is 0 Å². The number of hydrogen-bond acceptors (Lipinski definition) is 6. The molecular formula is C16H18N8O. The Balaban J connectivity index is 1.77. The molecule has 128 valence electrons. The number of nitrogens with two attached hydrogens (primary N) is 1. The maximum Gasteiger partial charge on any atom is 0.328 e. The van der Waals surface area contributed by atoms with Gasteiger partial charge >= 0.3 is 5.69 Å². The molecule has 4 rings (SSSR count).